The number of rotatable bonds is 12. The van der Waals surface area contributed by atoms with Crippen LogP contribution < -0.4 is 15.4 Å². The van der Waals surface area contributed by atoms with Gasteiger partial charge in [-0.15, -0.1) is 0 Å². The van der Waals surface area contributed by atoms with E-state index in [1.54, 1.807) is 0 Å². The van der Waals surface area contributed by atoms with E-state index in [0.717, 1.165) is 29.7 Å². The average Bonchev–Trinajstić information content (AvgIpc) is 2.84. The fraction of sp³-hybridized carbons (Fsp3) is 0.296. The van der Waals surface area contributed by atoms with Crippen LogP contribution in [0.2, 0.25) is 5.02 Å². The number of benzene rings is 3. The number of aryl methyl sites for hydroxylation is 1. The van der Waals surface area contributed by atoms with Gasteiger partial charge >= 0.3 is 0 Å². The lowest BCUT2D eigenvalue weighted by atomic mass is 10.0. The van der Waals surface area contributed by atoms with E-state index in [0.29, 0.717) is 12.6 Å². The van der Waals surface area contributed by atoms with Crippen molar-refractivity contribution in [3.63, 3.8) is 0 Å². The van der Waals surface area contributed by atoms with Crippen molar-refractivity contribution in [2.45, 2.75) is 50.3 Å². The molecular formula is C27H30ClF2N3O4S. The van der Waals surface area contributed by atoms with E-state index in [1.807, 2.05) is 31.2 Å². The van der Waals surface area contributed by atoms with Gasteiger partial charge in [0, 0.05) is 26.1 Å². The molecule has 1 amide bonds. The fourth-order valence-corrected chi connectivity index (χ4v) is 5.51. The first-order valence-corrected chi connectivity index (χ1v) is 13.8. The smallest absolute Gasteiger partial charge is 0.240 e. The second kappa shape index (κ2) is 13.3. The molecule has 3 rings (SSSR count). The van der Waals surface area contributed by atoms with Crippen molar-refractivity contribution in [2.24, 2.45) is 0 Å². The van der Waals surface area contributed by atoms with Crippen LogP contribution in [0.5, 0.6) is 0 Å². The first-order chi connectivity index (χ1) is 18.0. The van der Waals surface area contributed by atoms with Gasteiger partial charge in [0.15, 0.2) is 0 Å². The van der Waals surface area contributed by atoms with Gasteiger partial charge in [0.1, 0.15) is 11.6 Å². The number of anilines is 1. The van der Waals surface area contributed by atoms with Crippen LogP contribution in [0.4, 0.5) is 14.5 Å². The zero-order valence-electron chi connectivity index (χ0n) is 21.0. The van der Waals surface area contributed by atoms with Gasteiger partial charge in [-0.2, -0.15) is 0 Å². The minimum absolute atomic E-state index is 0.00310. The third-order valence-corrected chi connectivity index (χ3v) is 7.59. The SMILES string of the molecule is CCc1cccc(CNC[C@H](O)[C@@H](Cc2cc(F)cc(F)c2)NS(=O)(=O)c2ccc(NC(C)=O)c(Cl)c2)c1. The number of sulfonamides is 1. The highest BCUT2D eigenvalue weighted by Gasteiger charge is 2.27. The molecule has 4 N–H and O–H groups in total. The summed E-state index contributed by atoms with van der Waals surface area (Å²) in [6.07, 6.45) is -0.556. The minimum atomic E-state index is -4.22. The zero-order chi connectivity index (χ0) is 27.9. The van der Waals surface area contributed by atoms with Crippen LogP contribution >= 0.6 is 11.6 Å². The topological polar surface area (TPSA) is 108 Å². The molecule has 0 radical (unpaired) electrons. The predicted octanol–water partition coefficient (Wildman–Crippen LogP) is 4.18. The number of hydrogen-bond donors (Lipinski definition) is 4. The summed E-state index contributed by atoms with van der Waals surface area (Å²) in [5.41, 5.74) is 2.56. The zero-order valence-corrected chi connectivity index (χ0v) is 22.5. The second-order valence-electron chi connectivity index (χ2n) is 8.90. The Bertz CT molecular complexity index is 1370. The van der Waals surface area contributed by atoms with Crippen molar-refractivity contribution >= 4 is 33.2 Å². The Hall–Kier alpha value is -2.89. The van der Waals surface area contributed by atoms with E-state index in [2.05, 4.69) is 15.4 Å². The minimum Gasteiger partial charge on any atom is -0.390 e. The van der Waals surface area contributed by atoms with Gasteiger partial charge in [0.2, 0.25) is 15.9 Å². The number of halogens is 3. The van der Waals surface area contributed by atoms with Crippen molar-refractivity contribution in [3.8, 4) is 0 Å². The van der Waals surface area contributed by atoms with Crippen LogP contribution in [-0.4, -0.2) is 38.1 Å². The second-order valence-corrected chi connectivity index (χ2v) is 11.0. The molecule has 3 aromatic carbocycles. The predicted molar refractivity (Wildman–Crippen MR) is 143 cm³/mol. The number of amides is 1. The monoisotopic (exact) mass is 565 g/mol. The van der Waals surface area contributed by atoms with Gasteiger partial charge < -0.3 is 15.7 Å². The van der Waals surface area contributed by atoms with Crippen LogP contribution in [0.3, 0.4) is 0 Å². The molecule has 3 aromatic rings. The van der Waals surface area contributed by atoms with Gasteiger partial charge in [-0.3, -0.25) is 4.79 Å². The molecule has 7 nitrogen and oxygen atoms in total. The van der Waals surface area contributed by atoms with Gasteiger partial charge in [-0.25, -0.2) is 21.9 Å². The van der Waals surface area contributed by atoms with Gasteiger partial charge in [-0.05, 0) is 59.9 Å². The number of aliphatic hydroxyl groups is 1. The normalized spacial score (nSPS) is 13.2. The Morgan fingerprint density at radius 1 is 1.00 bits per heavy atom. The summed E-state index contributed by atoms with van der Waals surface area (Å²) in [4.78, 5) is 11.1. The van der Waals surface area contributed by atoms with Crippen LogP contribution in [0.1, 0.15) is 30.5 Å². The Balaban J connectivity index is 1.80. The third kappa shape index (κ3) is 8.57. The molecular weight excluding hydrogens is 536 g/mol. The standard InChI is InChI=1S/C27H30ClF2N3O4S/c1-3-18-5-4-6-19(9-18)15-31-16-27(35)26(12-20-10-21(29)13-22(30)11-20)33-38(36,37)23-7-8-25(24(28)14-23)32-17(2)34/h4-11,13-14,26-27,31,33,35H,3,12,15-16H2,1-2H3,(H,32,34)/t26-,27+/m1/s1. The van der Waals surface area contributed by atoms with E-state index >= 15 is 0 Å². The summed E-state index contributed by atoms with van der Waals surface area (Å²) < 4.78 is 56.4. The van der Waals surface area contributed by atoms with Crippen LogP contribution in [0, 0.1) is 11.6 Å². The summed E-state index contributed by atoms with van der Waals surface area (Å²) in [5.74, 6) is -2.00. The average molecular weight is 566 g/mol. The van der Waals surface area contributed by atoms with E-state index in [-0.39, 0.29) is 40.0 Å². The lowest BCUT2D eigenvalue weighted by Gasteiger charge is -2.25. The molecule has 0 aliphatic rings. The Kier molecular flexibility index (Phi) is 10.3. The fourth-order valence-electron chi connectivity index (χ4n) is 3.93. The third-order valence-electron chi connectivity index (χ3n) is 5.79. The van der Waals surface area contributed by atoms with Crippen molar-refractivity contribution in [3.05, 3.63) is 94.0 Å². The molecule has 0 heterocycles. The lowest BCUT2D eigenvalue weighted by Crippen LogP contribution is -2.48. The van der Waals surface area contributed by atoms with E-state index in [9.17, 15) is 27.1 Å². The summed E-state index contributed by atoms with van der Waals surface area (Å²) >= 11 is 6.14. The maximum Gasteiger partial charge on any atom is 0.240 e. The van der Waals surface area contributed by atoms with Crippen molar-refractivity contribution in [1.82, 2.24) is 10.0 Å². The number of hydrogen-bond acceptors (Lipinski definition) is 5. The van der Waals surface area contributed by atoms with Crippen molar-refractivity contribution in [1.29, 1.82) is 0 Å². The first kappa shape index (κ1) is 29.7. The van der Waals surface area contributed by atoms with Gasteiger partial charge in [0.05, 0.1) is 27.8 Å². The Labute approximate surface area is 226 Å². The molecule has 0 spiro atoms. The number of carbonyl (C=O) groups excluding carboxylic acids is 1. The maximum absolute atomic E-state index is 13.8. The summed E-state index contributed by atoms with van der Waals surface area (Å²) in [6.45, 7) is 3.77. The van der Waals surface area contributed by atoms with Crippen LogP contribution in [0.25, 0.3) is 0 Å². The van der Waals surface area contributed by atoms with Crippen molar-refractivity contribution < 1.29 is 27.1 Å². The molecule has 0 aromatic heterocycles. The number of aliphatic hydroxyl groups excluding tert-OH is 1. The molecule has 0 fully saturated rings. The van der Waals surface area contributed by atoms with E-state index < -0.39 is 33.8 Å². The summed E-state index contributed by atoms with van der Waals surface area (Å²) in [7, 11) is -4.22. The van der Waals surface area contributed by atoms with Crippen LogP contribution in [-0.2, 0) is 34.2 Å². The quantitative estimate of drug-likeness (QED) is 0.264. The molecule has 2 atom stereocenters. The molecule has 11 heteroatoms. The molecule has 0 aliphatic carbocycles. The van der Waals surface area contributed by atoms with Gasteiger partial charge in [-0.1, -0.05) is 42.8 Å². The highest BCUT2D eigenvalue weighted by Crippen LogP contribution is 2.26. The molecule has 0 saturated carbocycles. The molecule has 0 bridgehead atoms. The summed E-state index contributed by atoms with van der Waals surface area (Å²) in [5, 5.41) is 16.5. The largest absolute Gasteiger partial charge is 0.390 e. The Morgan fingerprint density at radius 2 is 1.68 bits per heavy atom. The lowest BCUT2D eigenvalue weighted by molar-refractivity contribution is -0.114. The summed E-state index contributed by atoms with van der Waals surface area (Å²) in [6, 6.07) is 13.4. The highest BCUT2D eigenvalue weighted by atomic mass is 35.5. The van der Waals surface area contributed by atoms with Crippen molar-refractivity contribution in [2.75, 3.05) is 11.9 Å². The molecule has 0 aliphatic heterocycles. The van der Waals surface area contributed by atoms with E-state index in [4.69, 9.17) is 11.6 Å². The molecule has 0 saturated heterocycles. The molecule has 204 valence electrons. The number of carbonyl (C=O) groups is 1. The number of nitrogens with one attached hydrogen (secondary N) is 3. The van der Waals surface area contributed by atoms with Crippen LogP contribution in [0.15, 0.2) is 65.6 Å². The molecule has 0 unspecified atom stereocenters. The Morgan fingerprint density at radius 3 is 2.32 bits per heavy atom. The highest BCUT2D eigenvalue weighted by molar-refractivity contribution is 7.89. The maximum atomic E-state index is 13.8. The first-order valence-electron chi connectivity index (χ1n) is 12.0. The van der Waals surface area contributed by atoms with E-state index in [1.165, 1.54) is 25.1 Å². The molecule has 38 heavy (non-hydrogen) atoms. The van der Waals surface area contributed by atoms with Gasteiger partial charge in [0.25, 0.3) is 0 Å².